The zero-order chi connectivity index (χ0) is 27.5. The fourth-order valence-electron chi connectivity index (χ4n) is 4.61. The van der Waals surface area contributed by atoms with Crippen molar-refractivity contribution in [3.63, 3.8) is 0 Å². The van der Waals surface area contributed by atoms with Crippen molar-refractivity contribution >= 4 is 11.8 Å². The van der Waals surface area contributed by atoms with Gasteiger partial charge in [-0.1, -0.05) is 18.2 Å². The predicted molar refractivity (Wildman–Crippen MR) is 138 cm³/mol. The molecule has 0 bridgehead atoms. The summed E-state index contributed by atoms with van der Waals surface area (Å²) in [5.41, 5.74) is 0.319. The highest BCUT2D eigenvalue weighted by atomic mass is 19.4. The first-order valence-electron chi connectivity index (χ1n) is 12.8. The zero-order valence-corrected chi connectivity index (χ0v) is 21.8. The first-order chi connectivity index (χ1) is 17.9. The summed E-state index contributed by atoms with van der Waals surface area (Å²) in [6.07, 6.45) is 1.69. The van der Waals surface area contributed by atoms with E-state index in [1.165, 1.54) is 33.0 Å². The molecular formula is C28H33F3N4O3. The molecular weight excluding hydrogens is 497 g/mol. The highest BCUT2D eigenvalue weighted by Crippen LogP contribution is 2.32. The molecule has 1 N–H and O–H groups in total. The fraction of sp³-hybridized carbons (Fsp3) is 0.464. The van der Waals surface area contributed by atoms with Crippen molar-refractivity contribution in [2.75, 3.05) is 11.9 Å². The predicted octanol–water partition coefficient (Wildman–Crippen LogP) is 5.38. The Morgan fingerprint density at radius 2 is 1.95 bits per heavy atom. The van der Waals surface area contributed by atoms with E-state index in [2.05, 4.69) is 16.4 Å². The second-order valence-electron chi connectivity index (χ2n) is 10.6. The van der Waals surface area contributed by atoms with Crippen LogP contribution in [-0.2, 0) is 35.1 Å². The molecule has 1 aliphatic heterocycles. The van der Waals surface area contributed by atoms with Gasteiger partial charge in [-0.2, -0.15) is 13.2 Å². The number of alkyl halides is 3. The smallest absolute Gasteiger partial charge is 0.416 e. The average Bonchev–Trinajstić information content (AvgIpc) is 3.21. The number of aromatic nitrogens is 3. The molecule has 0 amide bonds. The van der Waals surface area contributed by atoms with E-state index in [9.17, 15) is 22.8 Å². The molecule has 0 spiro atoms. The molecule has 1 unspecified atom stereocenters. The molecule has 0 radical (unpaired) electrons. The number of fused-ring (bicyclic) bond motifs is 1. The van der Waals surface area contributed by atoms with Crippen LogP contribution in [0.2, 0.25) is 0 Å². The molecule has 4 rings (SSSR count). The van der Waals surface area contributed by atoms with Crippen LogP contribution in [0.15, 0.2) is 53.6 Å². The number of hydrogen-bond acceptors (Lipinski definition) is 5. The van der Waals surface area contributed by atoms with Gasteiger partial charge in [0.25, 0.3) is 0 Å². The van der Waals surface area contributed by atoms with Crippen molar-refractivity contribution in [3.8, 4) is 0 Å². The summed E-state index contributed by atoms with van der Waals surface area (Å²) in [4.78, 5) is 30.6. The van der Waals surface area contributed by atoms with Crippen LogP contribution in [0.25, 0.3) is 0 Å². The Kier molecular flexibility index (Phi) is 7.99. The maximum Gasteiger partial charge on any atom is 0.416 e. The lowest BCUT2D eigenvalue weighted by atomic mass is 10.0. The van der Waals surface area contributed by atoms with E-state index in [-0.39, 0.29) is 12.0 Å². The van der Waals surface area contributed by atoms with E-state index in [0.29, 0.717) is 19.4 Å². The number of nitrogens with zero attached hydrogens (tertiary/aromatic N) is 3. The number of carbonyl (C=O) groups is 1. The van der Waals surface area contributed by atoms with Gasteiger partial charge in [0.2, 0.25) is 0 Å². The van der Waals surface area contributed by atoms with Gasteiger partial charge in [0, 0.05) is 31.2 Å². The van der Waals surface area contributed by atoms with Gasteiger partial charge in [0.05, 0.1) is 18.0 Å². The molecule has 3 aromatic rings. The molecule has 0 aliphatic carbocycles. The standard InChI is InChI=1S/C28H33F3N4O3/c1-27(2,3)38-24(36)18-23(20-7-4-9-21(17-20)28(29,30)31)35-16-15-34(26(35)37)14-6-10-22-12-11-19-8-5-13-32-25(19)33-22/h4,7,9,11-12,15-17,23H,5-6,8,10,13-14,18H2,1-3H3,(H,32,33). The Morgan fingerprint density at radius 3 is 2.68 bits per heavy atom. The molecule has 10 heteroatoms. The number of halogens is 3. The number of imidazole rings is 1. The third-order valence-corrected chi connectivity index (χ3v) is 6.37. The van der Waals surface area contributed by atoms with Crippen molar-refractivity contribution in [1.82, 2.24) is 14.1 Å². The van der Waals surface area contributed by atoms with Crippen molar-refractivity contribution in [2.45, 2.75) is 77.2 Å². The number of pyridine rings is 1. The molecule has 3 heterocycles. The number of carbonyl (C=O) groups excluding carboxylic acids is 1. The third-order valence-electron chi connectivity index (χ3n) is 6.37. The molecule has 7 nitrogen and oxygen atoms in total. The van der Waals surface area contributed by atoms with Crippen molar-refractivity contribution < 1.29 is 22.7 Å². The monoisotopic (exact) mass is 530 g/mol. The second-order valence-corrected chi connectivity index (χ2v) is 10.6. The molecule has 0 saturated heterocycles. The summed E-state index contributed by atoms with van der Waals surface area (Å²) < 4.78 is 48.4. The normalized spacial score (nSPS) is 14.5. The van der Waals surface area contributed by atoms with E-state index in [4.69, 9.17) is 4.74 Å². The van der Waals surface area contributed by atoms with E-state index < -0.39 is 35.0 Å². The number of benzene rings is 1. The van der Waals surface area contributed by atoms with E-state index in [0.717, 1.165) is 43.0 Å². The number of aryl methyl sites for hydroxylation is 3. The van der Waals surface area contributed by atoms with Crippen LogP contribution in [0.4, 0.5) is 19.0 Å². The zero-order valence-electron chi connectivity index (χ0n) is 21.8. The summed E-state index contributed by atoms with van der Waals surface area (Å²) in [6, 6.07) is 7.86. The number of anilines is 1. The van der Waals surface area contributed by atoms with Gasteiger partial charge in [-0.05, 0) is 75.8 Å². The Balaban J connectivity index is 1.53. The van der Waals surface area contributed by atoms with Gasteiger partial charge < -0.3 is 10.1 Å². The van der Waals surface area contributed by atoms with Crippen molar-refractivity contribution in [1.29, 1.82) is 0 Å². The molecule has 204 valence electrons. The fourth-order valence-corrected chi connectivity index (χ4v) is 4.61. The van der Waals surface area contributed by atoms with Crippen LogP contribution >= 0.6 is 0 Å². The summed E-state index contributed by atoms with van der Waals surface area (Å²) >= 11 is 0. The van der Waals surface area contributed by atoms with Crippen LogP contribution < -0.4 is 11.0 Å². The van der Waals surface area contributed by atoms with Crippen LogP contribution in [0.5, 0.6) is 0 Å². The molecule has 0 fully saturated rings. The van der Waals surface area contributed by atoms with Crippen LogP contribution in [0.3, 0.4) is 0 Å². The lowest BCUT2D eigenvalue weighted by molar-refractivity contribution is -0.155. The summed E-state index contributed by atoms with van der Waals surface area (Å²) in [5.74, 6) is 0.315. The number of hydrogen-bond donors (Lipinski definition) is 1. The maximum atomic E-state index is 13.4. The largest absolute Gasteiger partial charge is 0.460 e. The first kappa shape index (κ1) is 27.5. The maximum absolute atomic E-state index is 13.4. The van der Waals surface area contributed by atoms with E-state index >= 15 is 0 Å². The van der Waals surface area contributed by atoms with E-state index in [1.54, 1.807) is 27.0 Å². The van der Waals surface area contributed by atoms with Gasteiger partial charge in [-0.25, -0.2) is 9.78 Å². The van der Waals surface area contributed by atoms with Crippen molar-refractivity contribution in [3.05, 3.63) is 81.7 Å². The molecule has 38 heavy (non-hydrogen) atoms. The number of nitrogens with one attached hydrogen (secondary N) is 1. The number of rotatable bonds is 8. The second kappa shape index (κ2) is 11.0. The topological polar surface area (TPSA) is 78.2 Å². The number of esters is 1. The Morgan fingerprint density at radius 1 is 1.16 bits per heavy atom. The van der Waals surface area contributed by atoms with Gasteiger partial charge in [-0.15, -0.1) is 0 Å². The molecule has 2 aromatic heterocycles. The Hall–Kier alpha value is -3.56. The lowest BCUT2D eigenvalue weighted by Crippen LogP contribution is -2.31. The van der Waals surface area contributed by atoms with Crippen LogP contribution in [-0.4, -0.2) is 32.2 Å². The minimum Gasteiger partial charge on any atom is -0.460 e. The molecule has 0 saturated carbocycles. The third kappa shape index (κ3) is 6.85. The highest BCUT2D eigenvalue weighted by Gasteiger charge is 2.32. The summed E-state index contributed by atoms with van der Waals surface area (Å²) in [5, 5.41) is 3.32. The quantitative estimate of drug-likeness (QED) is 0.396. The Bertz CT molecular complexity index is 1340. The van der Waals surface area contributed by atoms with Crippen LogP contribution in [0.1, 0.15) is 68.5 Å². The van der Waals surface area contributed by atoms with Gasteiger partial charge >= 0.3 is 17.8 Å². The average molecular weight is 531 g/mol. The molecule has 1 atom stereocenters. The van der Waals surface area contributed by atoms with E-state index in [1.807, 2.05) is 6.07 Å². The summed E-state index contributed by atoms with van der Waals surface area (Å²) in [6.45, 7) is 6.43. The highest BCUT2D eigenvalue weighted by molar-refractivity contribution is 5.71. The minimum atomic E-state index is -4.55. The van der Waals surface area contributed by atoms with Gasteiger partial charge in [-0.3, -0.25) is 13.9 Å². The first-order valence-corrected chi connectivity index (χ1v) is 12.8. The SMILES string of the molecule is CC(C)(C)OC(=O)CC(c1cccc(C(F)(F)F)c1)n1ccn(CCCc2ccc3c(n2)NCCC3)c1=O. The van der Waals surface area contributed by atoms with Crippen LogP contribution in [0, 0.1) is 0 Å². The molecule has 1 aromatic carbocycles. The summed E-state index contributed by atoms with van der Waals surface area (Å²) in [7, 11) is 0. The molecule has 1 aliphatic rings. The van der Waals surface area contributed by atoms with Crippen molar-refractivity contribution in [2.24, 2.45) is 0 Å². The minimum absolute atomic E-state index is 0.205. The number of ether oxygens (including phenoxy) is 1. The Labute approximate surface area is 219 Å². The van der Waals surface area contributed by atoms with Gasteiger partial charge in [0.15, 0.2) is 0 Å². The van der Waals surface area contributed by atoms with Gasteiger partial charge in [0.1, 0.15) is 11.4 Å². The lowest BCUT2D eigenvalue weighted by Gasteiger charge is -2.23.